The summed E-state index contributed by atoms with van der Waals surface area (Å²) in [5.74, 6) is 2.47. The number of hydrogen-bond donors (Lipinski definition) is 2. The molecule has 0 bridgehead atoms. The van der Waals surface area contributed by atoms with E-state index in [4.69, 9.17) is 4.98 Å². The molecule has 3 aromatic rings. The molecule has 2 N–H and O–H groups in total. The highest BCUT2D eigenvalue weighted by Crippen LogP contribution is 2.34. The molecule has 0 unspecified atom stereocenters. The fourth-order valence-electron chi connectivity index (χ4n) is 4.51. The van der Waals surface area contributed by atoms with Crippen molar-refractivity contribution in [1.82, 2.24) is 24.1 Å². The van der Waals surface area contributed by atoms with Crippen LogP contribution < -0.4 is 10.6 Å². The van der Waals surface area contributed by atoms with Gasteiger partial charge in [-0.2, -0.15) is 10.1 Å². The topological polar surface area (TPSA) is 105 Å². The monoisotopic (exact) mass is 483 g/mol. The van der Waals surface area contributed by atoms with Crippen molar-refractivity contribution in [2.75, 3.05) is 30.0 Å². The minimum absolute atomic E-state index is 0.361. The largest absolute Gasteiger partial charge is 0.325 e. The second kappa shape index (κ2) is 9.34. The van der Waals surface area contributed by atoms with Crippen LogP contribution in [0, 0.1) is 27.7 Å². The molecule has 0 aliphatic carbocycles. The highest BCUT2D eigenvalue weighted by Gasteiger charge is 2.27. The summed E-state index contributed by atoms with van der Waals surface area (Å²) < 4.78 is 27.0. The zero-order valence-electron chi connectivity index (χ0n) is 20.7. The predicted molar refractivity (Wildman–Crippen MR) is 136 cm³/mol. The standard InChI is InChI=1S/C24H33N7O2S/c1-15-12-21(16(2)11-20(15)19-7-9-31(10-8-19)34(6,32)33)26-24-25-14-17(3)23(28-24)27-22-13-18(4)29-30(22)5/h11-14,19H,7-10H2,1-6H3,(H2,25,26,27,28). The van der Waals surface area contributed by atoms with Crippen LogP contribution in [0.4, 0.5) is 23.3 Å². The number of anilines is 4. The molecule has 0 saturated carbocycles. The van der Waals surface area contributed by atoms with Crippen LogP contribution in [0.5, 0.6) is 0 Å². The lowest BCUT2D eigenvalue weighted by Crippen LogP contribution is -2.37. The third kappa shape index (κ3) is 5.23. The Morgan fingerprint density at radius 3 is 2.29 bits per heavy atom. The molecule has 0 radical (unpaired) electrons. The molecule has 9 nitrogen and oxygen atoms in total. The third-order valence-corrected chi connectivity index (χ3v) is 7.75. The average Bonchev–Trinajstić information content (AvgIpc) is 3.09. The van der Waals surface area contributed by atoms with Crippen LogP contribution in [0.15, 0.2) is 24.4 Å². The molecule has 1 fully saturated rings. The van der Waals surface area contributed by atoms with Gasteiger partial charge in [-0.15, -0.1) is 0 Å². The van der Waals surface area contributed by atoms with Crippen molar-refractivity contribution in [3.05, 3.63) is 52.3 Å². The molecular formula is C24H33N7O2S. The van der Waals surface area contributed by atoms with Crippen LogP contribution in [0.2, 0.25) is 0 Å². The average molecular weight is 484 g/mol. The van der Waals surface area contributed by atoms with Gasteiger partial charge in [0.1, 0.15) is 11.6 Å². The summed E-state index contributed by atoms with van der Waals surface area (Å²) >= 11 is 0. The first-order valence-corrected chi connectivity index (χ1v) is 13.3. The normalized spacial score (nSPS) is 15.5. The summed E-state index contributed by atoms with van der Waals surface area (Å²) in [4.78, 5) is 9.16. The number of nitrogens with one attached hydrogen (secondary N) is 2. The molecule has 0 spiro atoms. The lowest BCUT2D eigenvalue weighted by Gasteiger charge is -2.31. The Bertz CT molecular complexity index is 1310. The molecule has 10 heteroatoms. The van der Waals surface area contributed by atoms with E-state index in [1.54, 1.807) is 15.2 Å². The Hall–Kier alpha value is -2.98. The zero-order chi connectivity index (χ0) is 24.6. The zero-order valence-corrected chi connectivity index (χ0v) is 21.5. The number of aromatic nitrogens is 4. The Labute approximate surface area is 201 Å². The SMILES string of the molecule is Cc1cc(Nc2nc(Nc3cc(C)c(C4CCN(S(C)(=O)=O)CC4)cc3C)ncc2C)n(C)n1. The second-order valence-electron chi connectivity index (χ2n) is 9.23. The van der Waals surface area contributed by atoms with Crippen LogP contribution in [-0.4, -0.2) is 51.8 Å². The van der Waals surface area contributed by atoms with Gasteiger partial charge in [0.2, 0.25) is 16.0 Å². The van der Waals surface area contributed by atoms with Crippen molar-refractivity contribution < 1.29 is 8.42 Å². The summed E-state index contributed by atoms with van der Waals surface area (Å²) in [6.07, 6.45) is 4.76. The maximum atomic E-state index is 11.8. The summed E-state index contributed by atoms with van der Waals surface area (Å²) in [5, 5.41) is 11.1. The molecule has 1 saturated heterocycles. The highest BCUT2D eigenvalue weighted by molar-refractivity contribution is 7.88. The maximum Gasteiger partial charge on any atom is 0.229 e. The fourth-order valence-corrected chi connectivity index (χ4v) is 5.38. The van der Waals surface area contributed by atoms with Gasteiger partial charge in [0.15, 0.2) is 0 Å². The summed E-state index contributed by atoms with van der Waals surface area (Å²) in [6, 6.07) is 6.32. The minimum Gasteiger partial charge on any atom is -0.325 e. The molecule has 2 aromatic heterocycles. The third-order valence-electron chi connectivity index (χ3n) is 6.44. The number of sulfonamides is 1. The van der Waals surface area contributed by atoms with Crippen LogP contribution in [-0.2, 0) is 17.1 Å². The van der Waals surface area contributed by atoms with Crippen LogP contribution in [0.25, 0.3) is 0 Å². The number of piperidine rings is 1. The van der Waals surface area contributed by atoms with Gasteiger partial charge in [0.05, 0.1) is 11.9 Å². The van der Waals surface area contributed by atoms with Gasteiger partial charge in [0.25, 0.3) is 0 Å². The Balaban J connectivity index is 1.51. The van der Waals surface area contributed by atoms with Gasteiger partial charge in [0, 0.05) is 43.7 Å². The molecule has 0 amide bonds. The van der Waals surface area contributed by atoms with Gasteiger partial charge >= 0.3 is 0 Å². The van der Waals surface area contributed by atoms with Crippen LogP contribution in [0.1, 0.15) is 46.7 Å². The van der Waals surface area contributed by atoms with Gasteiger partial charge in [-0.3, -0.25) is 4.68 Å². The van der Waals surface area contributed by atoms with Crippen molar-refractivity contribution in [1.29, 1.82) is 0 Å². The van der Waals surface area contributed by atoms with E-state index in [0.717, 1.165) is 47.0 Å². The molecule has 1 aliphatic heterocycles. The number of rotatable bonds is 6. The van der Waals surface area contributed by atoms with Crippen molar-refractivity contribution in [3.63, 3.8) is 0 Å². The maximum absolute atomic E-state index is 11.8. The van der Waals surface area contributed by atoms with E-state index in [2.05, 4.69) is 46.7 Å². The van der Waals surface area contributed by atoms with Crippen molar-refractivity contribution in [2.45, 2.75) is 46.5 Å². The lowest BCUT2D eigenvalue weighted by atomic mass is 9.86. The summed E-state index contributed by atoms with van der Waals surface area (Å²) in [7, 11) is -1.23. The van der Waals surface area contributed by atoms with E-state index in [9.17, 15) is 8.42 Å². The molecule has 1 aromatic carbocycles. The molecule has 1 aliphatic rings. The molecule has 0 atom stereocenters. The number of hydrogen-bond acceptors (Lipinski definition) is 7. The minimum atomic E-state index is -3.12. The molecule has 4 rings (SSSR count). The van der Waals surface area contributed by atoms with Crippen molar-refractivity contribution >= 4 is 33.3 Å². The summed E-state index contributed by atoms with van der Waals surface area (Å²) in [5.41, 5.74) is 6.40. The first kappa shape index (κ1) is 24.2. The highest BCUT2D eigenvalue weighted by atomic mass is 32.2. The molecule has 3 heterocycles. The molecule has 182 valence electrons. The number of benzene rings is 1. The van der Waals surface area contributed by atoms with Gasteiger partial charge in [-0.1, -0.05) is 6.07 Å². The van der Waals surface area contributed by atoms with E-state index in [1.807, 2.05) is 27.0 Å². The van der Waals surface area contributed by atoms with Gasteiger partial charge in [-0.25, -0.2) is 17.7 Å². The van der Waals surface area contributed by atoms with E-state index < -0.39 is 10.0 Å². The van der Waals surface area contributed by atoms with E-state index >= 15 is 0 Å². The van der Waals surface area contributed by atoms with Crippen LogP contribution in [0.3, 0.4) is 0 Å². The van der Waals surface area contributed by atoms with E-state index in [1.165, 1.54) is 17.4 Å². The summed E-state index contributed by atoms with van der Waals surface area (Å²) in [6.45, 7) is 9.25. The van der Waals surface area contributed by atoms with Gasteiger partial charge in [-0.05, 0) is 69.2 Å². The molecule has 34 heavy (non-hydrogen) atoms. The Morgan fingerprint density at radius 2 is 1.68 bits per heavy atom. The number of nitrogens with zero attached hydrogens (tertiary/aromatic N) is 5. The Kier molecular flexibility index (Phi) is 6.64. The van der Waals surface area contributed by atoms with Crippen LogP contribution >= 0.6 is 0 Å². The fraction of sp³-hybridized carbons (Fsp3) is 0.458. The van der Waals surface area contributed by atoms with Crippen molar-refractivity contribution in [3.8, 4) is 0 Å². The lowest BCUT2D eigenvalue weighted by molar-refractivity contribution is 0.321. The van der Waals surface area contributed by atoms with E-state index in [0.29, 0.717) is 25.0 Å². The van der Waals surface area contributed by atoms with E-state index in [-0.39, 0.29) is 0 Å². The quantitative estimate of drug-likeness (QED) is 0.544. The number of aryl methyl sites for hydroxylation is 5. The second-order valence-corrected chi connectivity index (χ2v) is 11.2. The first-order valence-electron chi connectivity index (χ1n) is 11.5. The predicted octanol–water partition coefficient (Wildman–Crippen LogP) is 4.07. The van der Waals surface area contributed by atoms with Gasteiger partial charge < -0.3 is 10.6 Å². The smallest absolute Gasteiger partial charge is 0.229 e. The molecular weight excluding hydrogens is 450 g/mol. The van der Waals surface area contributed by atoms with Crippen molar-refractivity contribution in [2.24, 2.45) is 7.05 Å². The Morgan fingerprint density at radius 1 is 0.971 bits per heavy atom. The first-order chi connectivity index (χ1) is 16.0.